The van der Waals surface area contributed by atoms with Crippen molar-refractivity contribution in [1.29, 1.82) is 0 Å². The highest BCUT2D eigenvalue weighted by Gasteiger charge is 2.31. The van der Waals surface area contributed by atoms with Gasteiger partial charge in [-0.2, -0.15) is 13.2 Å². The molecule has 0 aliphatic heterocycles. The van der Waals surface area contributed by atoms with E-state index >= 15 is 0 Å². The molecule has 0 fully saturated rings. The summed E-state index contributed by atoms with van der Waals surface area (Å²) in [6.07, 6.45) is 0.237. The summed E-state index contributed by atoms with van der Waals surface area (Å²) in [5.74, 6) is -0.787. The third-order valence-electron chi connectivity index (χ3n) is 3.48. The number of rotatable bonds is 5. The van der Waals surface area contributed by atoms with Crippen molar-refractivity contribution in [3.05, 3.63) is 53.8 Å². The van der Waals surface area contributed by atoms with E-state index < -0.39 is 32.6 Å². The van der Waals surface area contributed by atoms with Crippen LogP contribution in [0.4, 0.5) is 13.2 Å². The highest BCUT2D eigenvalue weighted by Crippen LogP contribution is 2.30. The van der Waals surface area contributed by atoms with E-state index in [-0.39, 0.29) is 18.0 Å². The first kappa shape index (κ1) is 19.0. The van der Waals surface area contributed by atoms with Crippen molar-refractivity contribution < 1.29 is 31.6 Å². The van der Waals surface area contributed by atoms with Gasteiger partial charge in [0, 0.05) is 12.1 Å². The Morgan fingerprint density at radius 1 is 1.32 bits per heavy atom. The number of alkyl halides is 3. The third-order valence-corrected chi connectivity index (χ3v) is 4.86. The molecule has 0 radical (unpaired) electrons. The molecule has 10 heteroatoms. The zero-order valence-corrected chi connectivity index (χ0v) is 13.6. The molecule has 0 saturated carbocycles. The summed E-state index contributed by atoms with van der Waals surface area (Å²) < 4.78 is 64.8. The van der Waals surface area contributed by atoms with Crippen LogP contribution in [-0.2, 0) is 21.0 Å². The van der Waals surface area contributed by atoms with Crippen molar-refractivity contribution in [2.24, 2.45) is 5.92 Å². The second-order valence-electron chi connectivity index (χ2n) is 5.38. The third kappa shape index (κ3) is 5.07. The molecule has 1 aromatic carbocycles. The number of carbonyl (C=O) groups is 1. The summed E-state index contributed by atoms with van der Waals surface area (Å²) in [5, 5.41) is 8.47. The zero-order chi connectivity index (χ0) is 18.7. The van der Waals surface area contributed by atoms with Crippen molar-refractivity contribution in [2.75, 3.05) is 0 Å². The number of hydroxylamine groups is 1. The molecule has 1 amide bonds. The minimum atomic E-state index is -4.64. The van der Waals surface area contributed by atoms with Gasteiger partial charge in [-0.25, -0.2) is 13.9 Å². The number of amides is 1. The van der Waals surface area contributed by atoms with Crippen molar-refractivity contribution in [3.8, 4) is 0 Å². The van der Waals surface area contributed by atoms with E-state index in [4.69, 9.17) is 5.21 Å². The van der Waals surface area contributed by atoms with Gasteiger partial charge in [0.2, 0.25) is 5.91 Å². The second kappa shape index (κ2) is 7.28. The smallest absolute Gasteiger partial charge is 0.289 e. The Kier molecular flexibility index (Phi) is 5.53. The Morgan fingerprint density at radius 3 is 2.60 bits per heavy atom. The highest BCUT2D eigenvalue weighted by atomic mass is 32.2. The minimum absolute atomic E-state index is 0.0250. The molecule has 2 rings (SSSR count). The quantitative estimate of drug-likeness (QED) is 0.543. The number of carbonyl (C=O) groups excluding carboxylic acids is 1. The van der Waals surface area contributed by atoms with Crippen LogP contribution in [0.3, 0.4) is 0 Å². The molecule has 1 unspecified atom stereocenters. The number of allylic oxidation sites excluding steroid dienone is 3. The Labute approximate surface area is 142 Å². The molecular formula is C15H15F3N2O4S. The van der Waals surface area contributed by atoms with Crippen molar-refractivity contribution in [2.45, 2.75) is 23.9 Å². The fraction of sp³-hybridized carbons (Fsp3) is 0.267. The van der Waals surface area contributed by atoms with E-state index in [1.165, 1.54) is 17.6 Å². The van der Waals surface area contributed by atoms with Gasteiger partial charge in [-0.05, 0) is 36.6 Å². The molecular weight excluding hydrogens is 361 g/mol. The summed E-state index contributed by atoms with van der Waals surface area (Å²) in [6.45, 7) is 0. The molecule has 0 spiro atoms. The van der Waals surface area contributed by atoms with Crippen LogP contribution in [0.1, 0.15) is 18.4 Å². The van der Waals surface area contributed by atoms with Gasteiger partial charge in [-0.15, -0.1) is 0 Å². The van der Waals surface area contributed by atoms with Crippen LogP contribution in [0.5, 0.6) is 0 Å². The normalized spacial score (nSPS) is 17.8. The molecule has 0 saturated heterocycles. The topological polar surface area (TPSA) is 95.5 Å². The standard InChI is InChI=1S/C15H15F3N2O4S/c16-15(17,18)11-2-1-3-13(9-11)25(23,24)20-12-6-4-10(5-7-12)8-14(21)19-22/h1-4,6-7,9-10,20,22H,5,8H2,(H,19,21). The van der Waals surface area contributed by atoms with Crippen molar-refractivity contribution >= 4 is 15.9 Å². The predicted molar refractivity (Wildman–Crippen MR) is 81.6 cm³/mol. The zero-order valence-electron chi connectivity index (χ0n) is 12.7. The van der Waals surface area contributed by atoms with Gasteiger partial charge in [0.25, 0.3) is 10.0 Å². The van der Waals surface area contributed by atoms with Crippen LogP contribution in [-0.4, -0.2) is 19.5 Å². The summed E-state index contributed by atoms with van der Waals surface area (Å²) in [6, 6.07) is 3.44. The summed E-state index contributed by atoms with van der Waals surface area (Å²) in [7, 11) is -4.18. The number of benzene rings is 1. The molecule has 1 aromatic rings. The fourth-order valence-corrected chi connectivity index (χ4v) is 3.35. The van der Waals surface area contributed by atoms with E-state index in [1.807, 2.05) is 0 Å². The first-order chi connectivity index (χ1) is 11.6. The average molecular weight is 376 g/mol. The Balaban J connectivity index is 2.10. The number of hydrogen-bond donors (Lipinski definition) is 3. The van der Waals surface area contributed by atoms with Gasteiger partial charge < -0.3 is 0 Å². The number of halogens is 3. The molecule has 0 heterocycles. The Hall–Kier alpha value is -2.33. The summed E-state index contributed by atoms with van der Waals surface area (Å²) in [5.41, 5.74) is 0.640. The summed E-state index contributed by atoms with van der Waals surface area (Å²) in [4.78, 5) is 10.6. The Morgan fingerprint density at radius 2 is 2.04 bits per heavy atom. The molecule has 6 nitrogen and oxygen atoms in total. The van der Waals surface area contributed by atoms with E-state index in [2.05, 4.69) is 4.72 Å². The Bertz CT molecular complexity index is 816. The molecule has 1 atom stereocenters. The first-order valence-electron chi connectivity index (χ1n) is 7.13. The molecule has 25 heavy (non-hydrogen) atoms. The van der Waals surface area contributed by atoms with Gasteiger partial charge in [0.05, 0.1) is 10.5 Å². The molecule has 3 N–H and O–H groups in total. The van der Waals surface area contributed by atoms with Gasteiger partial charge in [0.15, 0.2) is 0 Å². The largest absolute Gasteiger partial charge is 0.416 e. The number of sulfonamides is 1. The summed E-state index contributed by atoms with van der Waals surface area (Å²) >= 11 is 0. The molecule has 0 bridgehead atoms. The van der Waals surface area contributed by atoms with Crippen LogP contribution < -0.4 is 10.2 Å². The van der Waals surface area contributed by atoms with Crippen LogP contribution >= 0.6 is 0 Å². The van der Waals surface area contributed by atoms with E-state index in [1.54, 1.807) is 6.08 Å². The lowest BCUT2D eigenvalue weighted by Gasteiger charge is -2.17. The second-order valence-corrected chi connectivity index (χ2v) is 7.07. The van der Waals surface area contributed by atoms with Crippen molar-refractivity contribution in [3.63, 3.8) is 0 Å². The van der Waals surface area contributed by atoms with Crippen LogP contribution in [0.15, 0.2) is 53.1 Å². The highest BCUT2D eigenvalue weighted by molar-refractivity contribution is 7.89. The lowest BCUT2D eigenvalue weighted by atomic mass is 9.96. The maximum Gasteiger partial charge on any atom is 0.416 e. The van der Waals surface area contributed by atoms with E-state index in [0.717, 1.165) is 18.2 Å². The van der Waals surface area contributed by atoms with E-state index in [9.17, 15) is 26.4 Å². The minimum Gasteiger partial charge on any atom is -0.289 e. The van der Waals surface area contributed by atoms with Gasteiger partial charge in [0.1, 0.15) is 0 Å². The fourth-order valence-electron chi connectivity index (χ4n) is 2.23. The lowest BCUT2D eigenvalue weighted by Crippen LogP contribution is -2.25. The van der Waals surface area contributed by atoms with Crippen LogP contribution in [0.25, 0.3) is 0 Å². The van der Waals surface area contributed by atoms with Crippen LogP contribution in [0, 0.1) is 5.92 Å². The maximum absolute atomic E-state index is 12.7. The predicted octanol–water partition coefficient (Wildman–Crippen LogP) is 2.34. The molecule has 0 aromatic heterocycles. The van der Waals surface area contributed by atoms with Gasteiger partial charge in [-0.1, -0.05) is 18.2 Å². The van der Waals surface area contributed by atoms with Gasteiger partial charge in [-0.3, -0.25) is 14.7 Å². The molecule has 136 valence electrons. The SMILES string of the molecule is O=C(CC1C=CC(NS(=O)(=O)c2cccc(C(F)(F)F)c2)=CC1)NO. The van der Waals surface area contributed by atoms with Crippen LogP contribution in [0.2, 0.25) is 0 Å². The molecule has 1 aliphatic rings. The maximum atomic E-state index is 12.7. The van der Waals surface area contributed by atoms with Crippen molar-refractivity contribution in [1.82, 2.24) is 10.2 Å². The average Bonchev–Trinajstić information content (AvgIpc) is 2.55. The van der Waals surface area contributed by atoms with Gasteiger partial charge >= 0.3 is 6.18 Å². The first-order valence-corrected chi connectivity index (χ1v) is 8.61. The number of hydrogen-bond acceptors (Lipinski definition) is 4. The number of nitrogens with one attached hydrogen (secondary N) is 2. The van der Waals surface area contributed by atoms with E-state index in [0.29, 0.717) is 12.5 Å². The molecule has 1 aliphatic carbocycles. The lowest BCUT2D eigenvalue weighted by molar-refractivity contribution is -0.137. The monoisotopic (exact) mass is 376 g/mol.